The van der Waals surface area contributed by atoms with Crippen LogP contribution in [0.5, 0.6) is 0 Å². The van der Waals surface area contributed by atoms with Crippen LogP contribution in [-0.2, 0) is 0 Å². The van der Waals surface area contributed by atoms with E-state index in [0.717, 1.165) is 13.1 Å². The van der Waals surface area contributed by atoms with Crippen LogP contribution in [0.15, 0.2) is 24.4 Å². The van der Waals surface area contributed by atoms with E-state index in [1.54, 1.807) is 13.0 Å². The van der Waals surface area contributed by atoms with Crippen molar-refractivity contribution in [3.8, 4) is 0 Å². The molecule has 2 aliphatic rings. The first-order valence-electron chi connectivity index (χ1n) is 9.90. The number of anilines is 3. The Morgan fingerprint density at radius 1 is 1.28 bits per heavy atom. The van der Waals surface area contributed by atoms with Crippen molar-refractivity contribution in [3.05, 3.63) is 41.5 Å². The summed E-state index contributed by atoms with van der Waals surface area (Å²) in [6.07, 6.45) is -2.97. The molecule has 2 N–H and O–H groups in total. The van der Waals surface area contributed by atoms with Crippen molar-refractivity contribution in [1.29, 1.82) is 0 Å². The summed E-state index contributed by atoms with van der Waals surface area (Å²) in [5.74, 6) is -1.20. The second kappa shape index (κ2) is 7.92. The van der Waals surface area contributed by atoms with E-state index >= 15 is 0 Å². The molecular weight excluding hydrogens is 432 g/mol. The van der Waals surface area contributed by atoms with Gasteiger partial charge in [0.25, 0.3) is 5.91 Å². The third kappa shape index (κ3) is 4.04. The van der Waals surface area contributed by atoms with E-state index in [1.165, 1.54) is 17.0 Å². The van der Waals surface area contributed by atoms with E-state index < -0.39 is 30.0 Å². The average molecular weight is 452 g/mol. The number of rotatable bonds is 3. The van der Waals surface area contributed by atoms with Gasteiger partial charge in [-0.1, -0.05) is 0 Å². The second-order valence-electron chi connectivity index (χ2n) is 7.78. The predicted octanol–water partition coefficient (Wildman–Crippen LogP) is 3.24. The van der Waals surface area contributed by atoms with Gasteiger partial charge in [-0.2, -0.15) is 13.2 Å². The maximum atomic E-state index is 13.3. The molecule has 1 unspecified atom stereocenters. The molecule has 170 valence electrons. The van der Waals surface area contributed by atoms with Crippen molar-refractivity contribution in [2.24, 2.45) is 0 Å². The minimum atomic E-state index is -4.60. The molecule has 0 radical (unpaired) electrons. The number of aryl methyl sites for hydroxylation is 1. The highest BCUT2D eigenvalue weighted by Crippen LogP contribution is 2.39. The topological polar surface area (TPSA) is 90.5 Å². The highest BCUT2D eigenvalue weighted by molar-refractivity contribution is 6.05. The Labute approximate surface area is 180 Å². The Hall–Kier alpha value is -3.44. The summed E-state index contributed by atoms with van der Waals surface area (Å²) in [7, 11) is 0. The molecule has 3 amide bonds. The maximum Gasteiger partial charge on any atom is 0.408 e. The quantitative estimate of drug-likeness (QED) is 0.698. The van der Waals surface area contributed by atoms with Crippen molar-refractivity contribution in [3.63, 3.8) is 0 Å². The van der Waals surface area contributed by atoms with Crippen molar-refractivity contribution in [1.82, 2.24) is 15.3 Å². The summed E-state index contributed by atoms with van der Waals surface area (Å²) in [5, 5.41) is 4.51. The number of amides is 3. The van der Waals surface area contributed by atoms with Crippen molar-refractivity contribution in [2.45, 2.75) is 38.5 Å². The molecule has 4 rings (SSSR count). The first kappa shape index (κ1) is 21.8. The second-order valence-corrected chi connectivity index (χ2v) is 7.78. The number of nitrogens with zero attached hydrogens (tertiary/aromatic N) is 4. The predicted molar refractivity (Wildman–Crippen MR) is 108 cm³/mol. The van der Waals surface area contributed by atoms with Gasteiger partial charge < -0.3 is 10.2 Å². The summed E-state index contributed by atoms with van der Waals surface area (Å²) in [6.45, 7) is 3.64. The van der Waals surface area contributed by atoms with Crippen molar-refractivity contribution < 1.29 is 27.2 Å². The van der Waals surface area contributed by atoms with Gasteiger partial charge in [0.1, 0.15) is 23.4 Å². The lowest BCUT2D eigenvalue weighted by Crippen LogP contribution is -2.49. The molecule has 2 bridgehead atoms. The third-order valence-corrected chi connectivity index (χ3v) is 5.51. The number of pyridine rings is 2. The molecule has 4 heterocycles. The maximum absolute atomic E-state index is 13.3. The minimum Gasteiger partial charge on any atom is -0.366 e. The van der Waals surface area contributed by atoms with E-state index in [0.29, 0.717) is 30.8 Å². The van der Waals surface area contributed by atoms with Gasteiger partial charge in [-0.05, 0) is 44.0 Å². The number of hydrogen-bond donors (Lipinski definition) is 2. The zero-order valence-electron chi connectivity index (χ0n) is 17.2. The fourth-order valence-corrected chi connectivity index (χ4v) is 3.78. The summed E-state index contributed by atoms with van der Waals surface area (Å²) < 4.78 is 51.8. The molecule has 2 aromatic heterocycles. The van der Waals surface area contributed by atoms with Crippen LogP contribution >= 0.6 is 0 Å². The Morgan fingerprint density at radius 2 is 2.03 bits per heavy atom. The Bertz CT molecular complexity index is 1080. The summed E-state index contributed by atoms with van der Waals surface area (Å²) in [4.78, 5) is 37.0. The molecule has 0 aromatic carbocycles. The largest absolute Gasteiger partial charge is 0.408 e. The SMILES string of the molecule is Cc1cc(F)cnc1NC(=O)N1c2nc(C(=O)N[C@H](C)C(F)(F)F)ccc2N2CCC1C2. The molecule has 2 atom stereocenters. The minimum absolute atomic E-state index is 0.170. The first-order chi connectivity index (χ1) is 15.0. The van der Waals surface area contributed by atoms with Crippen LogP contribution in [0, 0.1) is 12.7 Å². The van der Waals surface area contributed by atoms with Crippen LogP contribution in [0.25, 0.3) is 0 Å². The standard InChI is InChI=1S/C20H20F4N6O2/c1-10-7-12(21)8-25-16(10)28-19(32)30-13-5-6-29(9-13)15-4-3-14(27-17(15)30)18(31)26-11(2)20(22,23)24/h3-4,7-8,11,13H,5-6,9H2,1-2H3,(H,26,31)(H,25,28,32)/t11-,13?/m1/s1. The third-order valence-electron chi connectivity index (χ3n) is 5.51. The summed E-state index contributed by atoms with van der Waals surface area (Å²) in [6, 6.07) is 1.25. The van der Waals surface area contributed by atoms with E-state index in [9.17, 15) is 27.2 Å². The molecule has 32 heavy (non-hydrogen) atoms. The lowest BCUT2D eigenvalue weighted by Gasteiger charge is -2.35. The van der Waals surface area contributed by atoms with Gasteiger partial charge >= 0.3 is 12.2 Å². The number of halogens is 4. The molecule has 0 spiro atoms. The normalized spacial score (nSPS) is 18.2. The lowest BCUT2D eigenvalue weighted by molar-refractivity contribution is -0.149. The molecule has 1 fully saturated rings. The van der Waals surface area contributed by atoms with Gasteiger partial charge in [0.05, 0.1) is 17.9 Å². The van der Waals surface area contributed by atoms with Crippen molar-refractivity contribution in [2.75, 3.05) is 28.2 Å². The molecule has 2 aromatic rings. The van der Waals surface area contributed by atoms with Crippen molar-refractivity contribution >= 4 is 29.3 Å². The van der Waals surface area contributed by atoms with Crippen LogP contribution in [0.2, 0.25) is 0 Å². The number of nitrogens with one attached hydrogen (secondary N) is 2. The lowest BCUT2D eigenvalue weighted by atomic mass is 10.1. The molecule has 0 aliphatic carbocycles. The fourth-order valence-electron chi connectivity index (χ4n) is 3.78. The average Bonchev–Trinajstić information content (AvgIpc) is 3.13. The molecular formula is C20H20F4N6O2. The van der Waals surface area contributed by atoms with Gasteiger partial charge in [-0.25, -0.2) is 19.2 Å². The van der Waals surface area contributed by atoms with Gasteiger partial charge in [0.2, 0.25) is 0 Å². The van der Waals surface area contributed by atoms with Crippen LogP contribution in [0.1, 0.15) is 29.4 Å². The van der Waals surface area contributed by atoms with Gasteiger partial charge in [-0.15, -0.1) is 0 Å². The van der Waals surface area contributed by atoms with Gasteiger partial charge in [0, 0.05) is 13.1 Å². The number of carbonyl (C=O) groups is 2. The highest BCUT2D eigenvalue weighted by Gasteiger charge is 2.41. The zero-order chi connectivity index (χ0) is 23.2. The highest BCUT2D eigenvalue weighted by atomic mass is 19.4. The number of carbonyl (C=O) groups excluding carboxylic acids is 2. The van der Waals surface area contributed by atoms with E-state index in [4.69, 9.17) is 0 Å². The number of fused-ring (bicyclic) bond motifs is 4. The number of hydrogen-bond acceptors (Lipinski definition) is 5. The molecule has 0 saturated carbocycles. The number of alkyl halides is 3. The monoisotopic (exact) mass is 452 g/mol. The molecule has 12 heteroatoms. The van der Waals surface area contributed by atoms with Crippen LogP contribution in [0.3, 0.4) is 0 Å². The van der Waals surface area contributed by atoms with Crippen LogP contribution < -0.4 is 20.4 Å². The van der Waals surface area contributed by atoms with E-state index in [1.807, 2.05) is 10.2 Å². The molecule has 2 aliphatic heterocycles. The van der Waals surface area contributed by atoms with Gasteiger partial charge in [-0.3, -0.25) is 15.0 Å². The van der Waals surface area contributed by atoms with Crippen LogP contribution in [-0.4, -0.2) is 53.3 Å². The van der Waals surface area contributed by atoms with Gasteiger partial charge in [0.15, 0.2) is 5.82 Å². The molecule has 1 saturated heterocycles. The number of urea groups is 1. The van der Waals surface area contributed by atoms with Crippen LogP contribution in [0.4, 0.5) is 39.7 Å². The number of aromatic nitrogens is 2. The Morgan fingerprint density at radius 3 is 2.72 bits per heavy atom. The molecule has 8 nitrogen and oxygen atoms in total. The van der Waals surface area contributed by atoms with E-state index in [-0.39, 0.29) is 23.4 Å². The summed E-state index contributed by atoms with van der Waals surface area (Å²) >= 11 is 0. The fraction of sp³-hybridized carbons (Fsp3) is 0.400. The zero-order valence-corrected chi connectivity index (χ0v) is 17.2. The summed E-state index contributed by atoms with van der Waals surface area (Å²) in [5.41, 5.74) is 0.778. The Balaban J connectivity index is 1.63. The smallest absolute Gasteiger partial charge is 0.366 e. The first-order valence-corrected chi connectivity index (χ1v) is 9.90. The Kier molecular flexibility index (Phi) is 5.39. The van der Waals surface area contributed by atoms with E-state index in [2.05, 4.69) is 15.3 Å².